The van der Waals surface area contributed by atoms with Gasteiger partial charge in [-0.15, -0.1) is 0 Å². The first-order chi connectivity index (χ1) is 10.2. The zero-order valence-corrected chi connectivity index (χ0v) is 14.2. The molecule has 1 aliphatic rings. The SMILES string of the molecule is CC1CC(O)(C#CC#CC(C)(C)OCCC#N)C(C)CN1C. The Labute approximate surface area is 134 Å². The smallest absolute Gasteiger partial charge is 0.131 e. The summed E-state index contributed by atoms with van der Waals surface area (Å²) in [5.41, 5.74) is -1.62. The minimum Gasteiger partial charge on any atom is -0.377 e. The van der Waals surface area contributed by atoms with Crippen molar-refractivity contribution in [3.8, 4) is 29.8 Å². The average molecular weight is 302 g/mol. The zero-order chi connectivity index (χ0) is 16.8. The van der Waals surface area contributed by atoms with Gasteiger partial charge in [0.25, 0.3) is 0 Å². The lowest BCUT2D eigenvalue weighted by atomic mass is 9.79. The molecule has 0 spiro atoms. The summed E-state index contributed by atoms with van der Waals surface area (Å²) in [6.07, 6.45) is 0.973. The van der Waals surface area contributed by atoms with Crippen molar-refractivity contribution in [3.63, 3.8) is 0 Å². The number of piperidine rings is 1. The predicted octanol–water partition coefficient (Wildman–Crippen LogP) is 1.79. The average Bonchev–Trinajstić information content (AvgIpc) is 2.42. The Balaban J connectivity index is 2.71. The van der Waals surface area contributed by atoms with E-state index in [0.29, 0.717) is 25.5 Å². The van der Waals surface area contributed by atoms with E-state index in [1.165, 1.54) is 0 Å². The summed E-state index contributed by atoms with van der Waals surface area (Å²) in [4.78, 5) is 2.23. The number of aliphatic hydroxyl groups is 1. The second kappa shape index (κ2) is 7.66. The summed E-state index contributed by atoms with van der Waals surface area (Å²) in [6, 6.07) is 2.33. The van der Waals surface area contributed by atoms with Gasteiger partial charge in [0.2, 0.25) is 0 Å². The van der Waals surface area contributed by atoms with Crippen LogP contribution in [0.3, 0.4) is 0 Å². The van der Waals surface area contributed by atoms with Gasteiger partial charge in [0, 0.05) is 24.9 Å². The number of ether oxygens (including phenoxy) is 1. The molecule has 0 bridgehead atoms. The van der Waals surface area contributed by atoms with Gasteiger partial charge in [-0.1, -0.05) is 18.8 Å². The number of hydrogen-bond acceptors (Lipinski definition) is 4. The number of nitrogens with zero attached hydrogens (tertiary/aromatic N) is 2. The number of nitriles is 1. The standard InChI is InChI=1S/C18H26N2O2/c1-15-14-20(5)16(2)13-18(15,21)10-7-6-9-17(3,4)22-12-8-11-19/h15-16,21H,8,12-14H2,1-5H3. The van der Waals surface area contributed by atoms with E-state index in [2.05, 4.69) is 42.6 Å². The van der Waals surface area contributed by atoms with Crippen molar-refractivity contribution in [2.45, 2.75) is 57.8 Å². The van der Waals surface area contributed by atoms with Gasteiger partial charge in [-0.3, -0.25) is 0 Å². The van der Waals surface area contributed by atoms with E-state index < -0.39 is 11.2 Å². The maximum Gasteiger partial charge on any atom is 0.131 e. The summed E-state index contributed by atoms with van der Waals surface area (Å²) in [5, 5.41) is 19.2. The first kappa shape index (κ1) is 18.5. The van der Waals surface area contributed by atoms with Gasteiger partial charge in [0.15, 0.2) is 0 Å². The van der Waals surface area contributed by atoms with Gasteiger partial charge >= 0.3 is 0 Å². The van der Waals surface area contributed by atoms with Crippen molar-refractivity contribution < 1.29 is 9.84 Å². The third-order valence-electron chi connectivity index (χ3n) is 4.12. The topological polar surface area (TPSA) is 56.5 Å². The second-order valence-electron chi connectivity index (χ2n) is 6.58. The van der Waals surface area contributed by atoms with Crippen molar-refractivity contribution in [1.29, 1.82) is 5.26 Å². The minimum absolute atomic E-state index is 0.0860. The van der Waals surface area contributed by atoms with Gasteiger partial charge in [0.05, 0.1) is 19.1 Å². The Morgan fingerprint density at radius 3 is 2.68 bits per heavy atom. The highest BCUT2D eigenvalue weighted by atomic mass is 16.5. The van der Waals surface area contributed by atoms with Crippen molar-refractivity contribution in [3.05, 3.63) is 0 Å². The fourth-order valence-electron chi connectivity index (χ4n) is 2.45. The summed E-state index contributed by atoms with van der Waals surface area (Å²) in [7, 11) is 2.06. The zero-order valence-electron chi connectivity index (χ0n) is 14.2. The summed E-state index contributed by atoms with van der Waals surface area (Å²) >= 11 is 0. The van der Waals surface area contributed by atoms with Gasteiger partial charge in [-0.2, -0.15) is 5.26 Å². The van der Waals surface area contributed by atoms with E-state index in [0.717, 1.165) is 6.54 Å². The molecular weight excluding hydrogens is 276 g/mol. The summed E-state index contributed by atoms with van der Waals surface area (Å²) < 4.78 is 5.51. The van der Waals surface area contributed by atoms with E-state index in [4.69, 9.17) is 10.00 Å². The molecule has 0 aromatic rings. The molecule has 1 N–H and O–H groups in total. The van der Waals surface area contributed by atoms with Crippen molar-refractivity contribution >= 4 is 0 Å². The number of likely N-dealkylation sites (tertiary alicyclic amines) is 1. The molecule has 0 aromatic carbocycles. The molecule has 0 saturated carbocycles. The fourth-order valence-corrected chi connectivity index (χ4v) is 2.45. The van der Waals surface area contributed by atoms with Crippen molar-refractivity contribution in [2.75, 3.05) is 20.2 Å². The van der Waals surface area contributed by atoms with Gasteiger partial charge in [-0.05, 0) is 39.7 Å². The lowest BCUT2D eigenvalue weighted by molar-refractivity contribution is -0.0346. The van der Waals surface area contributed by atoms with Crippen LogP contribution in [-0.4, -0.2) is 47.4 Å². The molecule has 0 radical (unpaired) electrons. The Morgan fingerprint density at radius 1 is 1.36 bits per heavy atom. The Morgan fingerprint density at radius 2 is 2.05 bits per heavy atom. The molecule has 1 aliphatic heterocycles. The lowest BCUT2D eigenvalue weighted by Gasteiger charge is -2.42. The number of hydrogen-bond donors (Lipinski definition) is 1. The van der Waals surface area contributed by atoms with Crippen LogP contribution in [0.25, 0.3) is 0 Å². The van der Waals surface area contributed by atoms with E-state index in [1.807, 2.05) is 26.8 Å². The molecule has 0 aliphatic carbocycles. The van der Waals surface area contributed by atoms with Crippen LogP contribution in [0.4, 0.5) is 0 Å². The Kier molecular flexibility index (Phi) is 6.46. The quantitative estimate of drug-likeness (QED) is 0.638. The molecular formula is C18H26N2O2. The van der Waals surface area contributed by atoms with Crippen LogP contribution < -0.4 is 0 Å². The van der Waals surface area contributed by atoms with Crippen LogP contribution in [0.15, 0.2) is 0 Å². The van der Waals surface area contributed by atoms with Crippen LogP contribution in [0.1, 0.15) is 40.5 Å². The second-order valence-corrected chi connectivity index (χ2v) is 6.58. The highest BCUT2D eigenvalue weighted by molar-refractivity contribution is 5.33. The molecule has 22 heavy (non-hydrogen) atoms. The molecule has 1 saturated heterocycles. The molecule has 0 amide bonds. The summed E-state index contributed by atoms with van der Waals surface area (Å²) in [5.74, 6) is 11.5. The number of rotatable bonds is 3. The van der Waals surface area contributed by atoms with E-state index in [-0.39, 0.29) is 5.92 Å². The third-order valence-corrected chi connectivity index (χ3v) is 4.12. The van der Waals surface area contributed by atoms with Gasteiger partial charge in [-0.25, -0.2) is 0 Å². The molecule has 1 heterocycles. The van der Waals surface area contributed by atoms with E-state index >= 15 is 0 Å². The molecule has 3 unspecified atom stereocenters. The minimum atomic E-state index is -0.980. The first-order valence-corrected chi connectivity index (χ1v) is 7.68. The Hall–Kier alpha value is -1.51. The third kappa shape index (κ3) is 5.36. The van der Waals surface area contributed by atoms with Crippen LogP contribution in [0, 0.1) is 40.9 Å². The monoisotopic (exact) mass is 302 g/mol. The highest BCUT2D eigenvalue weighted by Gasteiger charge is 2.39. The van der Waals surface area contributed by atoms with Crippen molar-refractivity contribution in [1.82, 2.24) is 4.90 Å². The van der Waals surface area contributed by atoms with E-state index in [1.54, 1.807) is 0 Å². The summed E-state index contributed by atoms with van der Waals surface area (Å²) in [6.45, 7) is 8.97. The van der Waals surface area contributed by atoms with E-state index in [9.17, 15) is 5.11 Å². The molecule has 1 fully saturated rings. The largest absolute Gasteiger partial charge is 0.377 e. The normalized spacial score (nSPS) is 28.8. The molecule has 4 heteroatoms. The van der Waals surface area contributed by atoms with Gasteiger partial charge in [0.1, 0.15) is 11.2 Å². The predicted molar refractivity (Wildman–Crippen MR) is 86.6 cm³/mol. The highest BCUT2D eigenvalue weighted by Crippen LogP contribution is 2.30. The molecule has 4 nitrogen and oxygen atoms in total. The van der Waals surface area contributed by atoms with Gasteiger partial charge < -0.3 is 14.7 Å². The molecule has 3 atom stereocenters. The van der Waals surface area contributed by atoms with Crippen LogP contribution in [0.2, 0.25) is 0 Å². The van der Waals surface area contributed by atoms with Crippen LogP contribution >= 0.6 is 0 Å². The Bertz CT molecular complexity index is 541. The van der Waals surface area contributed by atoms with Crippen LogP contribution in [-0.2, 0) is 4.74 Å². The van der Waals surface area contributed by atoms with Crippen LogP contribution in [0.5, 0.6) is 0 Å². The maximum absolute atomic E-state index is 10.7. The lowest BCUT2D eigenvalue weighted by Crippen LogP contribution is -2.52. The molecule has 1 rings (SSSR count). The molecule has 0 aromatic heterocycles. The molecule has 120 valence electrons. The van der Waals surface area contributed by atoms with Crippen molar-refractivity contribution in [2.24, 2.45) is 5.92 Å². The first-order valence-electron chi connectivity index (χ1n) is 7.68. The maximum atomic E-state index is 10.7. The fraction of sp³-hybridized carbons (Fsp3) is 0.722.